The molecule has 94 valence electrons. The number of aromatic amines is 1. The molecule has 0 fully saturated rings. The Morgan fingerprint density at radius 1 is 1.50 bits per heavy atom. The Labute approximate surface area is 105 Å². The number of pyridine rings is 1. The fraction of sp³-hybridized carbons (Fsp3) is 0.333. The van der Waals surface area contributed by atoms with Crippen molar-refractivity contribution in [2.24, 2.45) is 0 Å². The van der Waals surface area contributed by atoms with Gasteiger partial charge in [0.05, 0.1) is 0 Å². The third-order valence-electron chi connectivity index (χ3n) is 2.66. The van der Waals surface area contributed by atoms with E-state index in [-0.39, 0.29) is 11.7 Å². The number of H-pyrrole nitrogens is 1. The van der Waals surface area contributed by atoms with Gasteiger partial charge < -0.3 is 5.32 Å². The van der Waals surface area contributed by atoms with Gasteiger partial charge in [0.1, 0.15) is 5.82 Å². The smallest absolute Gasteiger partial charge is 0.291 e. The largest absolute Gasteiger partial charge is 0.345 e. The van der Waals surface area contributed by atoms with E-state index in [4.69, 9.17) is 0 Å². The average molecular weight is 245 g/mol. The topological polar surface area (TPSA) is 83.6 Å². The highest BCUT2D eigenvalue weighted by molar-refractivity contribution is 5.90. The molecular weight excluding hydrogens is 230 g/mol. The van der Waals surface area contributed by atoms with Gasteiger partial charge in [0, 0.05) is 25.4 Å². The predicted octanol–water partition coefficient (Wildman–Crippen LogP) is 1.00. The molecule has 2 N–H and O–H groups in total. The second-order valence-electron chi connectivity index (χ2n) is 3.94. The lowest BCUT2D eigenvalue weighted by atomic mass is 10.1. The molecule has 0 aromatic carbocycles. The minimum atomic E-state index is -0.283. The summed E-state index contributed by atoms with van der Waals surface area (Å²) >= 11 is 0. The maximum absolute atomic E-state index is 11.8. The van der Waals surface area contributed by atoms with Crippen molar-refractivity contribution in [2.45, 2.75) is 26.8 Å². The molecule has 0 saturated heterocycles. The van der Waals surface area contributed by atoms with E-state index in [0.29, 0.717) is 12.4 Å². The Morgan fingerprint density at radius 2 is 2.33 bits per heavy atom. The molecule has 6 heteroatoms. The summed E-state index contributed by atoms with van der Waals surface area (Å²) in [6.07, 6.45) is 4.19. The van der Waals surface area contributed by atoms with Crippen LogP contribution in [-0.4, -0.2) is 26.1 Å². The normalized spacial score (nSPS) is 10.3. The molecular formula is C12H15N5O. The average Bonchev–Trinajstić information content (AvgIpc) is 2.86. The van der Waals surface area contributed by atoms with Crippen LogP contribution in [-0.2, 0) is 13.0 Å². The van der Waals surface area contributed by atoms with E-state index in [0.717, 1.165) is 17.5 Å². The van der Waals surface area contributed by atoms with Crippen molar-refractivity contribution in [3.8, 4) is 0 Å². The highest BCUT2D eigenvalue weighted by atomic mass is 16.2. The van der Waals surface area contributed by atoms with Crippen LogP contribution >= 0.6 is 0 Å². The number of aromatic nitrogens is 4. The molecule has 0 saturated carbocycles. The molecule has 2 aromatic heterocycles. The standard InChI is InChI=1S/C12H15N5O/c1-3-10-15-11(17-16-10)12(18)14-7-9-6-13-5-4-8(9)2/h4-6H,3,7H2,1-2H3,(H,14,18)(H,15,16,17). The second-order valence-corrected chi connectivity index (χ2v) is 3.94. The molecule has 2 rings (SSSR count). The van der Waals surface area contributed by atoms with Gasteiger partial charge in [0.25, 0.3) is 5.91 Å². The van der Waals surface area contributed by atoms with Crippen molar-refractivity contribution in [1.29, 1.82) is 0 Å². The van der Waals surface area contributed by atoms with Gasteiger partial charge in [0.2, 0.25) is 5.82 Å². The molecule has 0 aliphatic carbocycles. The first-order chi connectivity index (χ1) is 8.70. The molecule has 0 atom stereocenters. The number of carbonyl (C=O) groups excluding carboxylic acids is 1. The number of hydrogen-bond acceptors (Lipinski definition) is 4. The Hall–Kier alpha value is -2.24. The number of hydrogen-bond donors (Lipinski definition) is 2. The summed E-state index contributed by atoms with van der Waals surface area (Å²) in [4.78, 5) is 19.9. The summed E-state index contributed by atoms with van der Waals surface area (Å²) in [7, 11) is 0. The lowest BCUT2D eigenvalue weighted by Gasteiger charge is -2.05. The van der Waals surface area contributed by atoms with E-state index in [2.05, 4.69) is 25.5 Å². The first kappa shape index (κ1) is 12.2. The maximum atomic E-state index is 11.8. The van der Waals surface area contributed by atoms with Gasteiger partial charge in [-0.05, 0) is 24.1 Å². The first-order valence-corrected chi connectivity index (χ1v) is 5.79. The molecule has 1 amide bonds. The van der Waals surface area contributed by atoms with E-state index in [1.807, 2.05) is 19.9 Å². The highest BCUT2D eigenvalue weighted by Gasteiger charge is 2.11. The van der Waals surface area contributed by atoms with Crippen molar-refractivity contribution in [3.05, 3.63) is 41.2 Å². The van der Waals surface area contributed by atoms with Gasteiger partial charge in [-0.25, -0.2) is 4.98 Å². The summed E-state index contributed by atoms with van der Waals surface area (Å²) in [5.41, 5.74) is 2.08. The van der Waals surface area contributed by atoms with Crippen LogP contribution < -0.4 is 5.32 Å². The summed E-state index contributed by atoms with van der Waals surface area (Å²) in [5, 5.41) is 9.34. The monoisotopic (exact) mass is 245 g/mol. The Bertz CT molecular complexity index is 549. The Morgan fingerprint density at radius 3 is 3.00 bits per heavy atom. The molecule has 18 heavy (non-hydrogen) atoms. The van der Waals surface area contributed by atoms with Crippen molar-refractivity contribution in [3.63, 3.8) is 0 Å². The number of carbonyl (C=O) groups is 1. The van der Waals surface area contributed by atoms with Crippen molar-refractivity contribution >= 4 is 5.91 Å². The van der Waals surface area contributed by atoms with Gasteiger partial charge in [-0.3, -0.25) is 14.9 Å². The minimum absolute atomic E-state index is 0.174. The molecule has 0 aliphatic heterocycles. The third kappa shape index (κ3) is 2.71. The van der Waals surface area contributed by atoms with Crippen molar-refractivity contribution in [1.82, 2.24) is 25.5 Å². The summed E-state index contributed by atoms with van der Waals surface area (Å²) in [6, 6.07) is 1.91. The van der Waals surface area contributed by atoms with E-state index < -0.39 is 0 Å². The molecule has 6 nitrogen and oxygen atoms in total. The molecule has 0 unspecified atom stereocenters. The molecule has 0 bridgehead atoms. The fourth-order valence-corrected chi connectivity index (χ4v) is 1.49. The summed E-state index contributed by atoms with van der Waals surface area (Å²) in [6.45, 7) is 4.35. The van der Waals surface area contributed by atoms with Gasteiger partial charge in [0.15, 0.2) is 0 Å². The molecule has 0 spiro atoms. The molecule has 2 heterocycles. The van der Waals surface area contributed by atoms with Crippen LogP contribution in [0.5, 0.6) is 0 Å². The van der Waals surface area contributed by atoms with Gasteiger partial charge in [-0.2, -0.15) is 0 Å². The van der Waals surface area contributed by atoms with Gasteiger partial charge in [-0.15, -0.1) is 5.10 Å². The fourth-order valence-electron chi connectivity index (χ4n) is 1.49. The zero-order chi connectivity index (χ0) is 13.0. The van der Waals surface area contributed by atoms with Crippen LogP contribution in [0.25, 0.3) is 0 Å². The predicted molar refractivity (Wildman–Crippen MR) is 65.9 cm³/mol. The van der Waals surface area contributed by atoms with Crippen LogP contribution in [0.4, 0.5) is 0 Å². The van der Waals surface area contributed by atoms with Crippen molar-refractivity contribution < 1.29 is 4.79 Å². The second kappa shape index (κ2) is 5.39. The van der Waals surface area contributed by atoms with Crippen molar-refractivity contribution in [2.75, 3.05) is 0 Å². The zero-order valence-corrected chi connectivity index (χ0v) is 10.4. The number of amides is 1. The van der Waals surface area contributed by atoms with Crippen LogP contribution in [0.2, 0.25) is 0 Å². The maximum Gasteiger partial charge on any atom is 0.291 e. The van der Waals surface area contributed by atoms with Crippen LogP contribution in [0.15, 0.2) is 18.5 Å². The lowest BCUT2D eigenvalue weighted by Crippen LogP contribution is -2.24. The Balaban J connectivity index is 1.98. The number of aryl methyl sites for hydroxylation is 2. The van der Waals surface area contributed by atoms with E-state index in [1.165, 1.54) is 0 Å². The summed E-state index contributed by atoms with van der Waals surface area (Å²) < 4.78 is 0. The van der Waals surface area contributed by atoms with Gasteiger partial charge in [-0.1, -0.05) is 6.92 Å². The SMILES string of the molecule is CCc1nc(C(=O)NCc2cnccc2C)n[nH]1. The highest BCUT2D eigenvalue weighted by Crippen LogP contribution is 2.04. The summed E-state index contributed by atoms with van der Waals surface area (Å²) in [5.74, 6) is 0.598. The lowest BCUT2D eigenvalue weighted by molar-refractivity contribution is 0.0941. The molecule has 0 radical (unpaired) electrons. The van der Waals surface area contributed by atoms with Crippen LogP contribution in [0.1, 0.15) is 34.5 Å². The van der Waals surface area contributed by atoms with E-state index in [9.17, 15) is 4.79 Å². The van der Waals surface area contributed by atoms with Crippen LogP contribution in [0, 0.1) is 6.92 Å². The molecule has 0 aliphatic rings. The molecule has 2 aromatic rings. The number of nitrogens with zero attached hydrogens (tertiary/aromatic N) is 3. The quantitative estimate of drug-likeness (QED) is 0.841. The number of nitrogens with one attached hydrogen (secondary N) is 2. The van der Waals surface area contributed by atoms with E-state index in [1.54, 1.807) is 12.4 Å². The van der Waals surface area contributed by atoms with Gasteiger partial charge >= 0.3 is 0 Å². The van der Waals surface area contributed by atoms with Crippen LogP contribution in [0.3, 0.4) is 0 Å². The first-order valence-electron chi connectivity index (χ1n) is 5.79. The minimum Gasteiger partial charge on any atom is -0.345 e. The van der Waals surface area contributed by atoms with E-state index >= 15 is 0 Å². The zero-order valence-electron chi connectivity index (χ0n) is 10.4. The number of rotatable bonds is 4. The Kier molecular flexibility index (Phi) is 3.66. The third-order valence-corrected chi connectivity index (χ3v) is 2.66.